The summed E-state index contributed by atoms with van der Waals surface area (Å²) in [5.41, 5.74) is 0.0959. The van der Waals surface area contributed by atoms with E-state index in [9.17, 15) is 18.0 Å². The highest BCUT2D eigenvalue weighted by Gasteiger charge is 2.28. The minimum Gasteiger partial charge on any atom is -0.370 e. The fourth-order valence-electron chi connectivity index (χ4n) is 1.17. The monoisotopic (exact) mass is 247 g/mol. The molecule has 0 aliphatic rings. The van der Waals surface area contributed by atoms with Crippen LogP contribution in [0.3, 0.4) is 0 Å². The molecule has 0 unspecified atom stereocenters. The lowest BCUT2D eigenvalue weighted by Crippen LogP contribution is -2.34. The van der Waals surface area contributed by atoms with Crippen LogP contribution in [0.25, 0.3) is 0 Å². The van der Waals surface area contributed by atoms with E-state index in [0.717, 1.165) is 0 Å². The zero-order valence-electron chi connectivity index (χ0n) is 9.14. The van der Waals surface area contributed by atoms with Crippen LogP contribution in [0.2, 0.25) is 0 Å². The molecule has 2 N–H and O–H groups in total. The third kappa shape index (κ3) is 4.29. The summed E-state index contributed by atoms with van der Waals surface area (Å²) < 4.78 is 35.8. The first-order valence-corrected chi connectivity index (χ1v) is 4.98. The number of halogens is 3. The third-order valence-electron chi connectivity index (χ3n) is 1.85. The maximum Gasteiger partial charge on any atom is 0.405 e. The molecule has 1 aromatic rings. The second-order valence-electron chi connectivity index (χ2n) is 3.23. The van der Waals surface area contributed by atoms with Crippen LogP contribution in [0, 0.1) is 0 Å². The highest BCUT2D eigenvalue weighted by atomic mass is 19.4. The molecule has 7 heteroatoms. The number of rotatable bonds is 4. The van der Waals surface area contributed by atoms with Gasteiger partial charge in [0.15, 0.2) is 0 Å². The Morgan fingerprint density at radius 1 is 1.47 bits per heavy atom. The average molecular weight is 247 g/mol. The molecular weight excluding hydrogens is 235 g/mol. The molecule has 0 fully saturated rings. The highest BCUT2D eigenvalue weighted by Crippen LogP contribution is 2.14. The van der Waals surface area contributed by atoms with E-state index in [1.807, 2.05) is 0 Å². The number of alkyl halides is 3. The fourth-order valence-corrected chi connectivity index (χ4v) is 1.17. The van der Waals surface area contributed by atoms with Gasteiger partial charge in [-0.25, -0.2) is 4.98 Å². The molecule has 0 radical (unpaired) electrons. The van der Waals surface area contributed by atoms with Crippen molar-refractivity contribution < 1.29 is 18.0 Å². The first-order chi connectivity index (χ1) is 7.94. The van der Waals surface area contributed by atoms with Gasteiger partial charge in [0.2, 0.25) is 0 Å². The molecule has 0 spiro atoms. The summed E-state index contributed by atoms with van der Waals surface area (Å²) in [6.07, 6.45) is -2.96. The van der Waals surface area contributed by atoms with Crippen LogP contribution in [0.1, 0.15) is 17.3 Å². The molecule has 1 heterocycles. The van der Waals surface area contributed by atoms with Crippen molar-refractivity contribution in [3.63, 3.8) is 0 Å². The van der Waals surface area contributed by atoms with Crippen LogP contribution < -0.4 is 10.6 Å². The van der Waals surface area contributed by atoms with E-state index in [1.165, 1.54) is 18.3 Å². The van der Waals surface area contributed by atoms with Crippen molar-refractivity contribution in [2.75, 3.05) is 18.4 Å². The van der Waals surface area contributed by atoms with Gasteiger partial charge in [-0.05, 0) is 19.1 Å². The molecule has 0 saturated carbocycles. The maximum atomic E-state index is 11.9. The van der Waals surface area contributed by atoms with Crippen molar-refractivity contribution in [1.29, 1.82) is 0 Å². The van der Waals surface area contributed by atoms with Crippen molar-refractivity contribution in [2.24, 2.45) is 0 Å². The largest absolute Gasteiger partial charge is 0.405 e. The van der Waals surface area contributed by atoms with E-state index in [1.54, 1.807) is 12.2 Å². The van der Waals surface area contributed by atoms with Crippen LogP contribution >= 0.6 is 0 Å². The lowest BCUT2D eigenvalue weighted by atomic mass is 10.2. The molecule has 0 aliphatic carbocycles. The molecule has 0 bridgehead atoms. The maximum absolute atomic E-state index is 11.9. The van der Waals surface area contributed by atoms with Crippen LogP contribution in [-0.2, 0) is 0 Å². The van der Waals surface area contributed by atoms with Gasteiger partial charge in [0.25, 0.3) is 5.91 Å². The Kier molecular flexibility index (Phi) is 4.30. The zero-order valence-corrected chi connectivity index (χ0v) is 9.14. The zero-order chi connectivity index (χ0) is 12.9. The predicted octanol–water partition coefficient (Wildman–Crippen LogP) is 1.81. The van der Waals surface area contributed by atoms with Gasteiger partial charge in [-0.1, -0.05) is 0 Å². The lowest BCUT2D eigenvalue weighted by molar-refractivity contribution is -0.123. The molecule has 94 valence electrons. The fraction of sp³-hybridized carbons (Fsp3) is 0.400. The Bertz CT molecular complexity index is 393. The van der Waals surface area contributed by atoms with Gasteiger partial charge < -0.3 is 10.6 Å². The van der Waals surface area contributed by atoms with E-state index in [-0.39, 0.29) is 11.4 Å². The molecular formula is C10H12F3N3O. The summed E-state index contributed by atoms with van der Waals surface area (Å²) in [7, 11) is 0. The Hall–Kier alpha value is -1.79. The quantitative estimate of drug-likeness (QED) is 0.853. The van der Waals surface area contributed by atoms with E-state index in [4.69, 9.17) is 0 Å². The number of hydrogen-bond acceptors (Lipinski definition) is 3. The molecule has 4 nitrogen and oxygen atoms in total. The van der Waals surface area contributed by atoms with E-state index >= 15 is 0 Å². The smallest absolute Gasteiger partial charge is 0.370 e. The Labute approximate surface area is 96.2 Å². The second-order valence-corrected chi connectivity index (χ2v) is 3.23. The molecule has 0 aromatic carbocycles. The van der Waals surface area contributed by atoms with Crippen LogP contribution in [0.5, 0.6) is 0 Å². The van der Waals surface area contributed by atoms with Gasteiger partial charge in [0.1, 0.15) is 12.4 Å². The SMILES string of the molecule is CCNc1ncccc1C(=O)NCC(F)(F)F. The van der Waals surface area contributed by atoms with E-state index in [2.05, 4.69) is 10.3 Å². The van der Waals surface area contributed by atoms with Crippen molar-refractivity contribution >= 4 is 11.7 Å². The van der Waals surface area contributed by atoms with Crippen LogP contribution in [0.15, 0.2) is 18.3 Å². The first kappa shape index (κ1) is 13.3. The van der Waals surface area contributed by atoms with Gasteiger partial charge in [-0.3, -0.25) is 4.79 Å². The number of amides is 1. The van der Waals surface area contributed by atoms with E-state index in [0.29, 0.717) is 6.54 Å². The van der Waals surface area contributed by atoms with Crippen LogP contribution in [0.4, 0.5) is 19.0 Å². The molecule has 0 atom stereocenters. The number of pyridine rings is 1. The number of nitrogens with zero attached hydrogens (tertiary/aromatic N) is 1. The van der Waals surface area contributed by atoms with Crippen molar-refractivity contribution in [2.45, 2.75) is 13.1 Å². The number of carbonyl (C=O) groups excluding carboxylic acids is 1. The molecule has 0 saturated heterocycles. The number of carbonyl (C=O) groups is 1. The Morgan fingerprint density at radius 2 is 2.18 bits per heavy atom. The van der Waals surface area contributed by atoms with Gasteiger partial charge in [0, 0.05) is 12.7 Å². The van der Waals surface area contributed by atoms with Gasteiger partial charge in [0.05, 0.1) is 5.56 Å². The topological polar surface area (TPSA) is 54.0 Å². The first-order valence-electron chi connectivity index (χ1n) is 4.98. The summed E-state index contributed by atoms with van der Waals surface area (Å²) >= 11 is 0. The molecule has 17 heavy (non-hydrogen) atoms. The third-order valence-corrected chi connectivity index (χ3v) is 1.85. The van der Waals surface area contributed by atoms with Gasteiger partial charge in [-0.2, -0.15) is 13.2 Å². The summed E-state index contributed by atoms with van der Waals surface area (Å²) in [6.45, 7) is 0.967. The normalized spacial score (nSPS) is 11.1. The Morgan fingerprint density at radius 3 is 2.76 bits per heavy atom. The summed E-state index contributed by atoms with van der Waals surface area (Å²) in [6, 6.07) is 2.90. The molecule has 1 amide bonds. The number of hydrogen-bond donors (Lipinski definition) is 2. The van der Waals surface area contributed by atoms with Crippen molar-refractivity contribution in [1.82, 2.24) is 10.3 Å². The standard InChI is InChI=1S/C10H12F3N3O/c1-2-14-8-7(4-3-5-15-8)9(17)16-6-10(11,12)13/h3-5H,2,6H2,1H3,(H,14,15)(H,16,17). The lowest BCUT2D eigenvalue weighted by Gasteiger charge is -2.11. The minimum absolute atomic E-state index is 0.0959. The number of aromatic nitrogens is 1. The second kappa shape index (κ2) is 5.51. The summed E-state index contributed by atoms with van der Waals surface area (Å²) in [5, 5.41) is 4.59. The van der Waals surface area contributed by atoms with Crippen molar-refractivity contribution in [3.8, 4) is 0 Å². The van der Waals surface area contributed by atoms with Gasteiger partial charge >= 0.3 is 6.18 Å². The van der Waals surface area contributed by atoms with Gasteiger partial charge in [-0.15, -0.1) is 0 Å². The Balaban J connectivity index is 2.74. The molecule has 0 aliphatic heterocycles. The summed E-state index contributed by atoms with van der Waals surface area (Å²) in [4.78, 5) is 15.4. The highest BCUT2D eigenvalue weighted by molar-refractivity contribution is 5.98. The minimum atomic E-state index is -4.42. The number of nitrogens with one attached hydrogen (secondary N) is 2. The average Bonchev–Trinajstić information content (AvgIpc) is 2.26. The molecule has 1 rings (SSSR count). The van der Waals surface area contributed by atoms with Crippen LogP contribution in [-0.4, -0.2) is 30.2 Å². The predicted molar refractivity (Wildman–Crippen MR) is 56.8 cm³/mol. The van der Waals surface area contributed by atoms with E-state index < -0.39 is 18.6 Å². The van der Waals surface area contributed by atoms with Crippen molar-refractivity contribution in [3.05, 3.63) is 23.9 Å². The molecule has 1 aromatic heterocycles. The number of anilines is 1. The summed E-state index contributed by atoms with van der Waals surface area (Å²) in [5.74, 6) is -0.527.